The average Bonchev–Trinajstić information content (AvgIpc) is 2.60. The van der Waals surface area contributed by atoms with Gasteiger partial charge >= 0.3 is 5.97 Å². The predicted octanol–water partition coefficient (Wildman–Crippen LogP) is 3.47. The van der Waals surface area contributed by atoms with E-state index in [4.69, 9.17) is 22.7 Å². The van der Waals surface area contributed by atoms with Crippen LogP contribution in [0.5, 0.6) is 5.75 Å². The van der Waals surface area contributed by atoms with Gasteiger partial charge in [-0.1, -0.05) is 50.2 Å². The zero-order valence-electron chi connectivity index (χ0n) is 14.4. The van der Waals surface area contributed by atoms with Gasteiger partial charge in [-0.2, -0.15) is 5.10 Å². The minimum absolute atomic E-state index is 0.134. The molecule has 0 saturated carbocycles. The lowest BCUT2D eigenvalue weighted by atomic mass is 10.0. The Bertz CT molecular complexity index is 781. The van der Waals surface area contributed by atoms with Crippen molar-refractivity contribution in [2.45, 2.75) is 20.8 Å². The Labute approximate surface area is 152 Å². The zero-order valence-corrected chi connectivity index (χ0v) is 15.3. The number of esters is 1. The highest BCUT2D eigenvalue weighted by Crippen LogP contribution is 2.23. The second kappa shape index (κ2) is 8.39. The van der Waals surface area contributed by atoms with Crippen LogP contribution in [0.25, 0.3) is 11.1 Å². The highest BCUT2D eigenvalue weighted by molar-refractivity contribution is 7.80. The fourth-order valence-corrected chi connectivity index (χ4v) is 2.10. The first-order valence-corrected chi connectivity index (χ1v) is 8.30. The van der Waals surface area contributed by atoms with Crippen LogP contribution in [0, 0.1) is 5.92 Å². The number of ether oxygens (including phenoxy) is 1. The summed E-state index contributed by atoms with van der Waals surface area (Å²) in [6.07, 6.45) is 0. The standard InChI is InChI=1S/C19H21N3O2S/c1-12(2)18(23)24-17-10-8-16(9-11-17)15-6-4-14(5-7-15)13(3)21-22-19(20)25/h4-12H,1-3H3,(H3,20,22,25)/b21-13+. The van der Waals surface area contributed by atoms with Gasteiger partial charge in [-0.25, -0.2) is 0 Å². The highest BCUT2D eigenvalue weighted by Gasteiger charge is 2.09. The molecule has 0 bridgehead atoms. The number of nitrogens with zero attached hydrogens (tertiary/aromatic N) is 1. The van der Waals surface area contributed by atoms with Crippen LogP contribution in [0.2, 0.25) is 0 Å². The van der Waals surface area contributed by atoms with Crippen LogP contribution < -0.4 is 15.9 Å². The van der Waals surface area contributed by atoms with E-state index in [2.05, 4.69) is 10.5 Å². The second-order valence-corrected chi connectivity index (χ2v) is 6.29. The summed E-state index contributed by atoms with van der Waals surface area (Å²) in [6, 6.07) is 15.4. The van der Waals surface area contributed by atoms with Crippen LogP contribution in [0.4, 0.5) is 0 Å². The number of carbonyl (C=O) groups is 1. The molecule has 0 spiro atoms. The number of hydrogen-bond acceptors (Lipinski definition) is 4. The summed E-state index contributed by atoms with van der Waals surface area (Å²) >= 11 is 4.73. The van der Waals surface area contributed by atoms with Crippen LogP contribution in [0.1, 0.15) is 26.3 Å². The molecule has 0 aliphatic carbocycles. The van der Waals surface area contributed by atoms with E-state index in [9.17, 15) is 4.79 Å². The normalized spacial score (nSPS) is 11.3. The Kier molecular flexibility index (Phi) is 6.25. The minimum atomic E-state index is -0.238. The average molecular weight is 355 g/mol. The molecule has 130 valence electrons. The van der Waals surface area contributed by atoms with Crippen molar-refractivity contribution < 1.29 is 9.53 Å². The molecule has 0 atom stereocenters. The van der Waals surface area contributed by atoms with E-state index in [1.165, 1.54) is 0 Å². The predicted molar refractivity (Wildman–Crippen MR) is 104 cm³/mol. The van der Waals surface area contributed by atoms with Gasteiger partial charge in [0, 0.05) is 0 Å². The number of rotatable bonds is 5. The lowest BCUT2D eigenvalue weighted by molar-refractivity contribution is -0.137. The summed E-state index contributed by atoms with van der Waals surface area (Å²) in [5.41, 5.74) is 11.8. The van der Waals surface area contributed by atoms with Crippen LogP contribution >= 0.6 is 12.2 Å². The summed E-state index contributed by atoms with van der Waals surface area (Å²) in [5.74, 6) is 0.156. The van der Waals surface area contributed by atoms with Crippen molar-refractivity contribution in [3.05, 3.63) is 54.1 Å². The molecule has 2 aromatic carbocycles. The largest absolute Gasteiger partial charge is 0.426 e. The van der Waals surface area contributed by atoms with E-state index in [-0.39, 0.29) is 17.0 Å². The molecule has 0 aromatic heterocycles. The molecule has 2 rings (SSSR count). The first-order chi connectivity index (χ1) is 11.9. The molecule has 0 amide bonds. The Morgan fingerprint density at radius 3 is 2.08 bits per heavy atom. The van der Waals surface area contributed by atoms with Gasteiger partial charge in [-0.15, -0.1) is 0 Å². The molecule has 0 aliphatic heterocycles. The number of hydrogen-bond donors (Lipinski definition) is 2. The third kappa shape index (κ3) is 5.39. The maximum absolute atomic E-state index is 11.6. The molecule has 5 nitrogen and oxygen atoms in total. The van der Waals surface area contributed by atoms with Gasteiger partial charge in [-0.05, 0) is 48.0 Å². The second-order valence-electron chi connectivity index (χ2n) is 5.85. The Morgan fingerprint density at radius 1 is 1.08 bits per heavy atom. The topological polar surface area (TPSA) is 76.7 Å². The number of nitrogens with two attached hydrogens (primary N) is 1. The fraction of sp³-hybridized carbons (Fsp3) is 0.211. The van der Waals surface area contributed by atoms with E-state index in [1.807, 2.05) is 43.3 Å². The van der Waals surface area contributed by atoms with E-state index >= 15 is 0 Å². The monoisotopic (exact) mass is 355 g/mol. The van der Waals surface area contributed by atoms with Crippen molar-refractivity contribution in [2.24, 2.45) is 16.8 Å². The maximum atomic E-state index is 11.6. The quantitative estimate of drug-likeness (QED) is 0.282. The van der Waals surface area contributed by atoms with E-state index in [0.717, 1.165) is 22.4 Å². The van der Waals surface area contributed by atoms with Gasteiger partial charge in [0.2, 0.25) is 0 Å². The Morgan fingerprint density at radius 2 is 1.60 bits per heavy atom. The molecule has 0 heterocycles. The first kappa shape index (κ1) is 18.6. The molecule has 25 heavy (non-hydrogen) atoms. The van der Waals surface area contributed by atoms with Crippen molar-refractivity contribution in [1.82, 2.24) is 5.43 Å². The smallest absolute Gasteiger partial charge is 0.313 e. The molecule has 2 aromatic rings. The molecule has 0 saturated heterocycles. The number of carbonyl (C=O) groups excluding carboxylic acids is 1. The van der Waals surface area contributed by atoms with Crippen LogP contribution in [0.3, 0.4) is 0 Å². The number of thiocarbonyl (C=S) groups is 1. The first-order valence-electron chi connectivity index (χ1n) is 7.89. The third-order valence-corrected chi connectivity index (χ3v) is 3.61. The van der Waals surface area contributed by atoms with Crippen molar-refractivity contribution in [2.75, 3.05) is 0 Å². The molecular formula is C19H21N3O2S. The van der Waals surface area contributed by atoms with Gasteiger partial charge < -0.3 is 10.5 Å². The summed E-state index contributed by atoms with van der Waals surface area (Å²) < 4.78 is 5.28. The number of nitrogens with one attached hydrogen (secondary N) is 1. The van der Waals surface area contributed by atoms with Gasteiger partial charge in [0.25, 0.3) is 0 Å². The van der Waals surface area contributed by atoms with Gasteiger partial charge in [-0.3, -0.25) is 10.2 Å². The Balaban J connectivity index is 2.10. The summed E-state index contributed by atoms with van der Waals surface area (Å²) in [6.45, 7) is 5.48. The number of benzene rings is 2. The summed E-state index contributed by atoms with van der Waals surface area (Å²) in [4.78, 5) is 11.6. The van der Waals surface area contributed by atoms with Crippen LogP contribution in [-0.2, 0) is 4.79 Å². The van der Waals surface area contributed by atoms with Crippen molar-refractivity contribution in [3.63, 3.8) is 0 Å². The van der Waals surface area contributed by atoms with Crippen LogP contribution in [-0.4, -0.2) is 16.8 Å². The third-order valence-electron chi connectivity index (χ3n) is 3.51. The molecule has 0 aliphatic rings. The van der Waals surface area contributed by atoms with E-state index in [1.54, 1.807) is 26.0 Å². The number of hydrazone groups is 1. The van der Waals surface area contributed by atoms with Crippen molar-refractivity contribution in [1.29, 1.82) is 0 Å². The summed E-state index contributed by atoms with van der Waals surface area (Å²) in [7, 11) is 0. The lowest BCUT2D eigenvalue weighted by Crippen LogP contribution is -2.25. The molecular weight excluding hydrogens is 334 g/mol. The molecule has 0 fully saturated rings. The zero-order chi connectivity index (χ0) is 18.4. The molecule has 6 heteroatoms. The Hall–Kier alpha value is -2.73. The van der Waals surface area contributed by atoms with Crippen molar-refractivity contribution in [3.8, 4) is 16.9 Å². The van der Waals surface area contributed by atoms with E-state index in [0.29, 0.717) is 5.75 Å². The van der Waals surface area contributed by atoms with Gasteiger partial charge in [0.05, 0.1) is 11.6 Å². The minimum Gasteiger partial charge on any atom is -0.426 e. The van der Waals surface area contributed by atoms with Crippen LogP contribution in [0.15, 0.2) is 53.6 Å². The summed E-state index contributed by atoms with van der Waals surface area (Å²) in [5, 5.41) is 4.24. The van der Waals surface area contributed by atoms with Crippen molar-refractivity contribution >= 4 is 29.0 Å². The molecule has 3 N–H and O–H groups in total. The van der Waals surface area contributed by atoms with Gasteiger partial charge in [0.15, 0.2) is 5.11 Å². The molecule has 0 unspecified atom stereocenters. The van der Waals surface area contributed by atoms with Gasteiger partial charge in [0.1, 0.15) is 5.75 Å². The molecule has 0 radical (unpaired) electrons. The van der Waals surface area contributed by atoms with E-state index < -0.39 is 0 Å². The SMILES string of the molecule is C/C(=N\NC(N)=S)c1ccc(-c2ccc(OC(=O)C(C)C)cc2)cc1. The maximum Gasteiger partial charge on any atom is 0.313 e. The lowest BCUT2D eigenvalue weighted by Gasteiger charge is -2.08. The highest BCUT2D eigenvalue weighted by atomic mass is 32.1. The fourth-order valence-electron chi connectivity index (χ4n) is 2.06.